The summed E-state index contributed by atoms with van der Waals surface area (Å²) >= 11 is 12.2. The number of halogens is 2. The van der Waals surface area contributed by atoms with E-state index in [1.54, 1.807) is 48.6 Å². The molecule has 1 unspecified atom stereocenters. The van der Waals surface area contributed by atoms with Gasteiger partial charge in [-0.25, -0.2) is 4.79 Å². The second-order valence-electron chi connectivity index (χ2n) is 6.61. The predicted octanol–water partition coefficient (Wildman–Crippen LogP) is 5.98. The molecule has 2 rings (SSSR count). The van der Waals surface area contributed by atoms with Crippen LogP contribution in [0.1, 0.15) is 23.7 Å². The van der Waals surface area contributed by atoms with Crippen LogP contribution in [0.3, 0.4) is 0 Å². The molecule has 33 heavy (non-hydrogen) atoms. The van der Waals surface area contributed by atoms with Gasteiger partial charge in [0.25, 0.3) is 0 Å². The molecule has 0 aliphatic carbocycles. The van der Waals surface area contributed by atoms with Gasteiger partial charge in [-0.3, -0.25) is 4.79 Å². The Morgan fingerprint density at radius 2 is 1.70 bits per heavy atom. The molecule has 174 valence electrons. The average molecular weight is 491 g/mol. The van der Waals surface area contributed by atoms with E-state index in [4.69, 9.17) is 42.1 Å². The fourth-order valence-electron chi connectivity index (χ4n) is 2.71. The first-order valence-corrected chi connectivity index (χ1v) is 10.7. The van der Waals surface area contributed by atoms with Crippen molar-refractivity contribution in [2.24, 2.45) is 0 Å². The van der Waals surface area contributed by atoms with Gasteiger partial charge in [0, 0.05) is 21.7 Å². The van der Waals surface area contributed by atoms with Gasteiger partial charge in [-0.1, -0.05) is 60.6 Å². The number of hydrogen-bond acceptors (Lipinski definition) is 6. The largest absolute Gasteiger partial charge is 0.486 e. The average Bonchev–Trinajstić information content (AvgIpc) is 2.80. The molecule has 0 heterocycles. The van der Waals surface area contributed by atoms with Gasteiger partial charge in [0.15, 0.2) is 11.5 Å². The van der Waals surface area contributed by atoms with Gasteiger partial charge in [-0.05, 0) is 35.9 Å². The third-order valence-corrected chi connectivity index (χ3v) is 4.80. The van der Waals surface area contributed by atoms with Gasteiger partial charge in [0.2, 0.25) is 0 Å². The number of hydrogen-bond donors (Lipinski definition) is 0. The van der Waals surface area contributed by atoms with E-state index in [-0.39, 0.29) is 18.1 Å². The van der Waals surface area contributed by atoms with E-state index >= 15 is 0 Å². The van der Waals surface area contributed by atoms with E-state index in [0.29, 0.717) is 34.3 Å². The van der Waals surface area contributed by atoms with Gasteiger partial charge in [0.05, 0.1) is 13.5 Å². The molecule has 0 aromatic heterocycles. The Kier molecular flexibility index (Phi) is 10.5. The zero-order chi connectivity index (χ0) is 24.2. The zero-order valence-corrected chi connectivity index (χ0v) is 19.6. The molecule has 0 radical (unpaired) electrons. The minimum Gasteiger partial charge on any atom is -0.486 e. The molecule has 0 fully saturated rings. The number of benzene rings is 2. The highest BCUT2D eigenvalue weighted by atomic mass is 35.5. The second-order valence-corrected chi connectivity index (χ2v) is 7.45. The lowest BCUT2D eigenvalue weighted by Gasteiger charge is -2.18. The first kappa shape index (κ1) is 26.0. The number of carbonyl (C=O) groups excluding carboxylic acids is 2. The number of esters is 2. The van der Waals surface area contributed by atoms with Crippen LogP contribution in [-0.2, 0) is 19.1 Å². The Bertz CT molecular complexity index is 1030. The molecular weight excluding hydrogens is 467 g/mol. The van der Waals surface area contributed by atoms with Crippen molar-refractivity contribution in [3.63, 3.8) is 0 Å². The van der Waals surface area contributed by atoms with Crippen LogP contribution in [0, 0.1) is 0 Å². The normalized spacial score (nSPS) is 11.5. The number of carbonyl (C=O) groups is 2. The van der Waals surface area contributed by atoms with Crippen molar-refractivity contribution in [2.75, 3.05) is 20.3 Å². The lowest BCUT2D eigenvalue weighted by Crippen LogP contribution is -2.15. The van der Waals surface area contributed by atoms with Crippen LogP contribution in [0.25, 0.3) is 6.08 Å². The van der Waals surface area contributed by atoms with Gasteiger partial charge in [-0.15, -0.1) is 0 Å². The summed E-state index contributed by atoms with van der Waals surface area (Å²) in [4.78, 5) is 24.3. The standard InChI is InChI=1S/C25H24Cl2O6/c1-4-12-31-21-10-6-17(14-23(21)32-13-5-2)7-11-24(28)33-22(16-25(29)30-3)19-9-8-18(26)15-20(19)27/h4-11,14-15,22H,1-2,12-13,16H2,3H3/b11-7+. The van der Waals surface area contributed by atoms with Crippen molar-refractivity contribution in [1.82, 2.24) is 0 Å². The molecule has 0 bridgehead atoms. The maximum Gasteiger partial charge on any atom is 0.331 e. The van der Waals surface area contributed by atoms with E-state index in [9.17, 15) is 9.59 Å². The molecule has 0 saturated heterocycles. The van der Waals surface area contributed by atoms with E-state index in [1.807, 2.05) is 0 Å². The molecule has 0 spiro atoms. The van der Waals surface area contributed by atoms with Crippen LogP contribution in [-0.4, -0.2) is 32.3 Å². The summed E-state index contributed by atoms with van der Waals surface area (Å²) in [5.74, 6) is -0.201. The summed E-state index contributed by atoms with van der Waals surface area (Å²) in [5, 5.41) is 0.689. The molecule has 0 N–H and O–H groups in total. The number of rotatable bonds is 12. The summed E-state index contributed by atoms with van der Waals surface area (Å²) < 4.78 is 21.4. The van der Waals surface area contributed by atoms with Crippen LogP contribution in [0.5, 0.6) is 11.5 Å². The summed E-state index contributed by atoms with van der Waals surface area (Å²) in [6.45, 7) is 7.87. The maximum absolute atomic E-state index is 12.5. The molecular formula is C25H24Cl2O6. The minimum absolute atomic E-state index is 0.202. The van der Waals surface area contributed by atoms with Gasteiger partial charge >= 0.3 is 11.9 Å². The minimum atomic E-state index is -0.944. The highest BCUT2D eigenvalue weighted by Gasteiger charge is 2.22. The first-order chi connectivity index (χ1) is 15.9. The maximum atomic E-state index is 12.5. The zero-order valence-electron chi connectivity index (χ0n) is 18.1. The fraction of sp³-hybridized carbons (Fsp3) is 0.200. The third-order valence-electron chi connectivity index (χ3n) is 4.24. The summed E-state index contributed by atoms with van der Waals surface area (Å²) in [5.41, 5.74) is 1.11. The Hall–Kier alpha value is -3.22. The first-order valence-electron chi connectivity index (χ1n) is 9.89. The Balaban J connectivity index is 2.19. The Morgan fingerprint density at radius 1 is 1.00 bits per heavy atom. The molecule has 1 atom stereocenters. The van der Waals surface area contributed by atoms with Crippen molar-refractivity contribution in [2.45, 2.75) is 12.5 Å². The van der Waals surface area contributed by atoms with Crippen LogP contribution in [0.4, 0.5) is 0 Å². The lowest BCUT2D eigenvalue weighted by molar-refractivity contribution is -0.150. The van der Waals surface area contributed by atoms with Crippen molar-refractivity contribution >= 4 is 41.2 Å². The van der Waals surface area contributed by atoms with Crippen molar-refractivity contribution in [3.8, 4) is 11.5 Å². The van der Waals surface area contributed by atoms with Crippen LogP contribution in [0.15, 0.2) is 67.8 Å². The van der Waals surface area contributed by atoms with Gasteiger partial charge < -0.3 is 18.9 Å². The van der Waals surface area contributed by atoms with E-state index in [0.717, 1.165) is 0 Å². The van der Waals surface area contributed by atoms with E-state index < -0.39 is 18.0 Å². The molecule has 2 aromatic rings. The monoisotopic (exact) mass is 490 g/mol. The molecule has 8 heteroatoms. The fourth-order valence-corrected chi connectivity index (χ4v) is 3.24. The summed E-state index contributed by atoms with van der Waals surface area (Å²) in [6, 6.07) is 9.89. The SMILES string of the molecule is C=CCOc1ccc(/C=C/C(=O)OC(CC(=O)OC)c2ccc(Cl)cc2Cl)cc1OCC=C. The van der Waals surface area contributed by atoms with Crippen LogP contribution < -0.4 is 9.47 Å². The topological polar surface area (TPSA) is 71.1 Å². The molecule has 6 nitrogen and oxygen atoms in total. The van der Waals surface area contributed by atoms with Crippen LogP contribution >= 0.6 is 23.2 Å². The van der Waals surface area contributed by atoms with E-state index in [2.05, 4.69) is 13.2 Å². The summed E-state index contributed by atoms with van der Waals surface area (Å²) in [6.07, 6.45) is 4.89. The molecule has 0 aliphatic heterocycles. The van der Waals surface area contributed by atoms with E-state index in [1.165, 1.54) is 19.3 Å². The molecule has 0 saturated carbocycles. The lowest BCUT2D eigenvalue weighted by atomic mass is 10.1. The molecule has 0 amide bonds. The smallest absolute Gasteiger partial charge is 0.331 e. The second kappa shape index (κ2) is 13.4. The highest BCUT2D eigenvalue weighted by Crippen LogP contribution is 2.32. The number of ether oxygens (including phenoxy) is 4. The quantitative estimate of drug-likeness (QED) is 0.207. The highest BCUT2D eigenvalue weighted by molar-refractivity contribution is 6.35. The van der Waals surface area contributed by atoms with Crippen molar-refractivity contribution in [3.05, 3.63) is 89.0 Å². The Labute approximate surface area is 203 Å². The third kappa shape index (κ3) is 8.33. The molecule has 0 aliphatic rings. The van der Waals surface area contributed by atoms with Gasteiger partial charge in [-0.2, -0.15) is 0 Å². The number of methoxy groups -OCH3 is 1. The molecule has 2 aromatic carbocycles. The van der Waals surface area contributed by atoms with Crippen molar-refractivity contribution < 1.29 is 28.5 Å². The van der Waals surface area contributed by atoms with Crippen molar-refractivity contribution in [1.29, 1.82) is 0 Å². The summed E-state index contributed by atoms with van der Waals surface area (Å²) in [7, 11) is 1.25. The predicted molar refractivity (Wildman–Crippen MR) is 129 cm³/mol. The van der Waals surface area contributed by atoms with Crippen LogP contribution in [0.2, 0.25) is 10.0 Å². The van der Waals surface area contributed by atoms with Gasteiger partial charge in [0.1, 0.15) is 19.3 Å². The Morgan fingerprint density at radius 3 is 2.33 bits per heavy atom.